The molecule has 0 spiro atoms. The van der Waals surface area contributed by atoms with Gasteiger partial charge >= 0.3 is 12.1 Å². The van der Waals surface area contributed by atoms with Crippen LogP contribution in [0.15, 0.2) is 48.5 Å². The van der Waals surface area contributed by atoms with Gasteiger partial charge in [0.1, 0.15) is 6.61 Å². The van der Waals surface area contributed by atoms with Gasteiger partial charge in [0.2, 0.25) is 5.91 Å². The number of hydrogen-bond donors (Lipinski definition) is 3. The van der Waals surface area contributed by atoms with E-state index in [-0.39, 0.29) is 37.9 Å². The molecule has 0 aliphatic heterocycles. The zero-order valence-corrected chi connectivity index (χ0v) is 20.5. The number of hydrogen-bond acceptors (Lipinski definition) is 5. The predicted molar refractivity (Wildman–Crippen MR) is 132 cm³/mol. The van der Waals surface area contributed by atoms with Gasteiger partial charge in [0.05, 0.1) is 5.41 Å². The molecule has 2 aromatic carbocycles. The summed E-state index contributed by atoms with van der Waals surface area (Å²) in [6.45, 7) is 4.26. The number of aliphatic carboxylic acids is 1. The lowest BCUT2D eigenvalue weighted by Crippen LogP contribution is -2.48. The van der Waals surface area contributed by atoms with Crippen LogP contribution in [0.5, 0.6) is 0 Å². The van der Waals surface area contributed by atoms with Crippen molar-refractivity contribution in [2.45, 2.75) is 45.1 Å². The zero-order valence-electron chi connectivity index (χ0n) is 20.5. The number of benzene rings is 2. The lowest BCUT2D eigenvalue weighted by atomic mass is 9.81. The highest BCUT2D eigenvalue weighted by atomic mass is 16.5. The number of rotatable bonds is 12. The number of carbonyl (C=O) groups excluding carboxylic acids is 2. The largest absolute Gasteiger partial charge is 0.479 e. The van der Waals surface area contributed by atoms with E-state index in [2.05, 4.69) is 34.9 Å². The first kappa shape index (κ1) is 26.2. The standard InChI is InChI=1S/C27H34N2O6/c1-4-27(5-2,25(32)28-15-14-23(34-3)24(30)31)17-29-26(33)35-16-22-20-12-8-6-10-18(20)19-11-7-9-13-21(19)22/h6-13,22-23H,4-5,14-17H2,1-3H3,(H,28,32)(H,29,33)(H,30,31). The zero-order chi connectivity index (χ0) is 25.4. The Morgan fingerprint density at radius 2 is 1.54 bits per heavy atom. The maximum atomic E-state index is 12.9. The number of carboxylic acids is 1. The van der Waals surface area contributed by atoms with Crippen LogP contribution in [0.3, 0.4) is 0 Å². The molecule has 0 heterocycles. The number of carboxylic acid groups (broad SMARTS) is 1. The van der Waals surface area contributed by atoms with Gasteiger partial charge in [0.25, 0.3) is 0 Å². The van der Waals surface area contributed by atoms with Crippen molar-refractivity contribution < 1.29 is 29.0 Å². The van der Waals surface area contributed by atoms with Crippen LogP contribution in [0.4, 0.5) is 4.79 Å². The Kier molecular flexibility index (Phi) is 8.87. The molecule has 0 radical (unpaired) electrons. The lowest BCUT2D eigenvalue weighted by Gasteiger charge is -2.30. The first-order valence-corrected chi connectivity index (χ1v) is 12.0. The van der Waals surface area contributed by atoms with Gasteiger partial charge in [-0.05, 0) is 35.1 Å². The summed E-state index contributed by atoms with van der Waals surface area (Å²) in [5, 5.41) is 14.6. The molecule has 2 aromatic rings. The van der Waals surface area contributed by atoms with Gasteiger partial charge in [0, 0.05) is 32.5 Å². The summed E-state index contributed by atoms with van der Waals surface area (Å²) in [6, 6.07) is 16.2. The van der Waals surface area contributed by atoms with E-state index in [9.17, 15) is 14.4 Å². The van der Waals surface area contributed by atoms with Crippen molar-refractivity contribution in [1.29, 1.82) is 0 Å². The third-order valence-corrected chi connectivity index (χ3v) is 7.00. The molecule has 1 atom stereocenters. The summed E-state index contributed by atoms with van der Waals surface area (Å²) in [6.07, 6.45) is -0.388. The minimum absolute atomic E-state index is 0.0403. The molecule has 1 unspecified atom stereocenters. The predicted octanol–water partition coefficient (Wildman–Crippen LogP) is 3.94. The van der Waals surface area contributed by atoms with Crippen LogP contribution in [-0.4, -0.2) is 56.0 Å². The fourth-order valence-corrected chi connectivity index (χ4v) is 4.64. The van der Waals surface area contributed by atoms with Crippen molar-refractivity contribution in [2.24, 2.45) is 5.41 Å². The number of amides is 2. The van der Waals surface area contributed by atoms with Crippen LogP contribution < -0.4 is 10.6 Å². The van der Waals surface area contributed by atoms with Crippen LogP contribution in [-0.2, 0) is 19.1 Å². The first-order chi connectivity index (χ1) is 16.9. The Labute approximate surface area is 206 Å². The molecule has 2 amide bonds. The molecule has 0 aromatic heterocycles. The molecule has 8 nitrogen and oxygen atoms in total. The highest BCUT2D eigenvalue weighted by molar-refractivity contribution is 5.83. The van der Waals surface area contributed by atoms with Crippen molar-refractivity contribution in [3.8, 4) is 11.1 Å². The Morgan fingerprint density at radius 3 is 2.06 bits per heavy atom. The van der Waals surface area contributed by atoms with Gasteiger partial charge in [-0.25, -0.2) is 9.59 Å². The molecule has 0 saturated heterocycles. The summed E-state index contributed by atoms with van der Waals surface area (Å²) in [4.78, 5) is 36.6. The summed E-state index contributed by atoms with van der Waals surface area (Å²) in [7, 11) is 1.32. The molecule has 3 N–H and O–H groups in total. The number of alkyl carbamates (subject to hydrolysis) is 1. The van der Waals surface area contributed by atoms with E-state index >= 15 is 0 Å². The Balaban J connectivity index is 1.56. The Morgan fingerprint density at radius 1 is 0.971 bits per heavy atom. The minimum Gasteiger partial charge on any atom is -0.479 e. The van der Waals surface area contributed by atoms with Crippen LogP contribution in [0.1, 0.15) is 50.2 Å². The number of nitrogens with one attached hydrogen (secondary N) is 2. The fourth-order valence-electron chi connectivity index (χ4n) is 4.64. The lowest BCUT2D eigenvalue weighted by molar-refractivity contribution is -0.149. The minimum atomic E-state index is -1.07. The van der Waals surface area contributed by atoms with Gasteiger partial charge in [-0.15, -0.1) is 0 Å². The van der Waals surface area contributed by atoms with E-state index in [1.807, 2.05) is 38.1 Å². The second kappa shape index (κ2) is 11.8. The van der Waals surface area contributed by atoms with Crippen molar-refractivity contribution in [3.05, 3.63) is 59.7 Å². The second-order valence-electron chi connectivity index (χ2n) is 8.77. The summed E-state index contributed by atoms with van der Waals surface area (Å²) >= 11 is 0. The summed E-state index contributed by atoms with van der Waals surface area (Å²) in [5.74, 6) is -1.35. The maximum absolute atomic E-state index is 12.9. The van der Waals surface area contributed by atoms with Gasteiger partial charge in [0.15, 0.2) is 6.10 Å². The van der Waals surface area contributed by atoms with Crippen LogP contribution in [0.2, 0.25) is 0 Å². The molecule has 0 bridgehead atoms. The molecular formula is C27H34N2O6. The molecule has 3 rings (SSSR count). The molecule has 8 heteroatoms. The van der Waals surface area contributed by atoms with E-state index in [0.717, 1.165) is 22.3 Å². The number of fused-ring (bicyclic) bond motifs is 3. The van der Waals surface area contributed by atoms with Gasteiger partial charge < -0.3 is 25.2 Å². The monoisotopic (exact) mass is 482 g/mol. The average Bonchev–Trinajstić information content (AvgIpc) is 3.19. The second-order valence-corrected chi connectivity index (χ2v) is 8.77. The molecule has 188 valence electrons. The molecular weight excluding hydrogens is 448 g/mol. The number of methoxy groups -OCH3 is 1. The molecule has 0 saturated carbocycles. The van der Waals surface area contributed by atoms with Gasteiger partial charge in [-0.1, -0.05) is 62.4 Å². The first-order valence-electron chi connectivity index (χ1n) is 12.0. The molecule has 35 heavy (non-hydrogen) atoms. The fraction of sp³-hybridized carbons (Fsp3) is 0.444. The number of ether oxygens (including phenoxy) is 2. The van der Waals surface area contributed by atoms with E-state index in [0.29, 0.717) is 12.8 Å². The van der Waals surface area contributed by atoms with E-state index < -0.39 is 23.6 Å². The van der Waals surface area contributed by atoms with Crippen molar-refractivity contribution in [2.75, 3.05) is 26.8 Å². The topological polar surface area (TPSA) is 114 Å². The third-order valence-electron chi connectivity index (χ3n) is 7.00. The molecule has 1 aliphatic rings. The SMILES string of the molecule is CCC(CC)(CNC(=O)OCC1c2ccccc2-c2ccccc21)C(=O)NCCC(OC)C(=O)O. The highest BCUT2D eigenvalue weighted by Crippen LogP contribution is 2.44. The third kappa shape index (κ3) is 5.82. The smallest absolute Gasteiger partial charge is 0.407 e. The van der Waals surface area contributed by atoms with Crippen LogP contribution in [0.25, 0.3) is 11.1 Å². The van der Waals surface area contributed by atoms with Crippen molar-refractivity contribution in [1.82, 2.24) is 10.6 Å². The highest BCUT2D eigenvalue weighted by Gasteiger charge is 2.36. The average molecular weight is 483 g/mol. The van der Waals surface area contributed by atoms with Crippen molar-refractivity contribution >= 4 is 18.0 Å². The summed E-state index contributed by atoms with van der Waals surface area (Å²) < 4.78 is 10.5. The Hall–Kier alpha value is -3.39. The van der Waals surface area contributed by atoms with E-state index in [4.69, 9.17) is 14.6 Å². The molecule has 0 fully saturated rings. The molecule has 1 aliphatic carbocycles. The van der Waals surface area contributed by atoms with Crippen LogP contribution in [0, 0.1) is 5.41 Å². The quantitative estimate of drug-likeness (QED) is 0.422. The van der Waals surface area contributed by atoms with Gasteiger partial charge in [-0.3, -0.25) is 4.79 Å². The van der Waals surface area contributed by atoms with Crippen LogP contribution >= 0.6 is 0 Å². The Bertz CT molecular complexity index is 1000. The summed E-state index contributed by atoms with van der Waals surface area (Å²) in [5.41, 5.74) is 3.75. The van der Waals surface area contributed by atoms with Gasteiger partial charge in [-0.2, -0.15) is 0 Å². The number of carbonyl (C=O) groups is 3. The normalized spacial score (nSPS) is 13.5. The van der Waals surface area contributed by atoms with E-state index in [1.165, 1.54) is 7.11 Å². The van der Waals surface area contributed by atoms with E-state index in [1.54, 1.807) is 0 Å². The van der Waals surface area contributed by atoms with Crippen molar-refractivity contribution in [3.63, 3.8) is 0 Å². The maximum Gasteiger partial charge on any atom is 0.407 e.